The highest BCUT2D eigenvalue weighted by Gasteiger charge is 2.47. The maximum absolute atomic E-state index is 13.6. The highest BCUT2D eigenvalue weighted by Crippen LogP contribution is 2.57. The van der Waals surface area contributed by atoms with Gasteiger partial charge in [0.05, 0.1) is 25.4 Å². The van der Waals surface area contributed by atoms with Gasteiger partial charge in [-0.3, -0.25) is 4.90 Å². The summed E-state index contributed by atoms with van der Waals surface area (Å²) in [6.45, 7) is 14.7. The van der Waals surface area contributed by atoms with Crippen LogP contribution < -0.4 is 4.74 Å². The number of benzene rings is 4. The lowest BCUT2D eigenvalue weighted by Crippen LogP contribution is -2.29. The highest BCUT2D eigenvalue weighted by molar-refractivity contribution is 5.94. The van der Waals surface area contributed by atoms with Crippen LogP contribution in [0.15, 0.2) is 72.8 Å². The van der Waals surface area contributed by atoms with Gasteiger partial charge in [-0.15, -0.1) is 0 Å². The Morgan fingerprint density at radius 1 is 0.740 bits per heavy atom. The first kappa shape index (κ1) is 37.3. The summed E-state index contributed by atoms with van der Waals surface area (Å²) in [5.74, 6) is 0.191. The van der Waals surface area contributed by atoms with E-state index in [2.05, 4.69) is 119 Å². The quantitative estimate of drug-likeness (QED) is 0.0558. The van der Waals surface area contributed by atoms with Crippen molar-refractivity contribution in [1.29, 1.82) is 0 Å². The topological polar surface area (TPSA) is 51.2 Å². The lowest BCUT2D eigenvalue weighted by Gasteiger charge is -2.35. The molecule has 0 saturated heterocycles. The summed E-state index contributed by atoms with van der Waals surface area (Å²) in [6.07, 6.45) is 3.90. The van der Waals surface area contributed by atoms with Gasteiger partial charge in [0.2, 0.25) is 0 Å². The fraction of sp³-hybridized carbons (Fsp3) is 0.432. The molecule has 4 aromatic carbocycles. The number of carbonyl (C=O) groups excluding carboxylic acids is 1. The molecule has 6 nitrogen and oxygen atoms in total. The third-order valence-electron chi connectivity index (χ3n) is 9.79. The average molecular weight is 677 g/mol. The minimum absolute atomic E-state index is 0.291. The molecule has 0 fully saturated rings. The number of aryl methyl sites for hydroxylation is 4. The number of carbonyl (C=O) groups is 1. The van der Waals surface area contributed by atoms with E-state index >= 15 is 0 Å². The fourth-order valence-electron chi connectivity index (χ4n) is 7.40. The number of fused-ring (bicyclic) bond motifs is 3. The van der Waals surface area contributed by atoms with Gasteiger partial charge in [-0.1, -0.05) is 78.7 Å². The molecule has 6 heteroatoms. The van der Waals surface area contributed by atoms with E-state index in [0.717, 1.165) is 50.9 Å². The van der Waals surface area contributed by atoms with Gasteiger partial charge in [-0.2, -0.15) is 0 Å². The molecule has 0 aliphatic heterocycles. The van der Waals surface area contributed by atoms with Crippen molar-refractivity contribution in [3.8, 4) is 16.9 Å². The SMILES string of the molecule is CCCN(C)COCCCc1ccc(C2(c3ccc(OCCCN(C)C)c(C(=O)OCC)c3)c3cc(C)ccc3-c3ccc(C)cc32)cc1C. The second-order valence-corrected chi connectivity index (χ2v) is 14.1. The van der Waals surface area contributed by atoms with Crippen molar-refractivity contribution in [1.82, 2.24) is 9.80 Å². The zero-order valence-electron chi connectivity index (χ0n) is 31.5. The first-order valence-electron chi connectivity index (χ1n) is 18.3. The van der Waals surface area contributed by atoms with Gasteiger partial charge in [0.1, 0.15) is 11.3 Å². The van der Waals surface area contributed by atoms with Crippen LogP contribution in [0.25, 0.3) is 11.1 Å². The Balaban J connectivity index is 1.62. The van der Waals surface area contributed by atoms with E-state index in [9.17, 15) is 4.79 Å². The molecule has 0 N–H and O–H groups in total. The Morgan fingerprint density at radius 3 is 2.02 bits per heavy atom. The van der Waals surface area contributed by atoms with Crippen LogP contribution in [0, 0.1) is 20.8 Å². The van der Waals surface area contributed by atoms with Gasteiger partial charge < -0.3 is 19.1 Å². The van der Waals surface area contributed by atoms with Crippen LogP contribution in [0.2, 0.25) is 0 Å². The summed E-state index contributed by atoms with van der Waals surface area (Å²) < 4.78 is 17.8. The molecule has 0 saturated carbocycles. The molecule has 5 rings (SSSR count). The molecule has 266 valence electrons. The van der Waals surface area contributed by atoms with Crippen molar-refractivity contribution in [2.45, 2.75) is 65.7 Å². The summed E-state index contributed by atoms with van der Waals surface area (Å²) in [5, 5.41) is 0. The van der Waals surface area contributed by atoms with E-state index in [4.69, 9.17) is 14.2 Å². The van der Waals surface area contributed by atoms with Crippen LogP contribution in [0.5, 0.6) is 5.75 Å². The molecule has 1 aliphatic rings. The van der Waals surface area contributed by atoms with Crippen LogP contribution in [0.4, 0.5) is 0 Å². The van der Waals surface area contributed by atoms with E-state index in [1.807, 2.05) is 19.1 Å². The second kappa shape index (κ2) is 16.8. The summed E-state index contributed by atoms with van der Waals surface area (Å²) in [5.41, 5.74) is 11.9. The predicted octanol–water partition coefficient (Wildman–Crippen LogP) is 8.73. The summed E-state index contributed by atoms with van der Waals surface area (Å²) in [4.78, 5) is 18.0. The molecule has 0 amide bonds. The van der Waals surface area contributed by atoms with Gasteiger partial charge in [-0.05, 0) is 138 Å². The maximum atomic E-state index is 13.6. The van der Waals surface area contributed by atoms with Crippen molar-refractivity contribution in [3.63, 3.8) is 0 Å². The number of esters is 1. The van der Waals surface area contributed by atoms with Gasteiger partial charge >= 0.3 is 5.97 Å². The van der Waals surface area contributed by atoms with E-state index in [1.165, 1.54) is 50.1 Å². The number of rotatable bonds is 17. The summed E-state index contributed by atoms with van der Waals surface area (Å²) >= 11 is 0. The lowest BCUT2D eigenvalue weighted by molar-refractivity contribution is 0.0419. The van der Waals surface area contributed by atoms with Gasteiger partial charge in [0.25, 0.3) is 0 Å². The first-order chi connectivity index (χ1) is 24.1. The molecular weight excluding hydrogens is 620 g/mol. The minimum atomic E-state index is -0.649. The van der Waals surface area contributed by atoms with E-state index < -0.39 is 5.41 Å². The van der Waals surface area contributed by atoms with Crippen molar-refractivity contribution in [3.05, 3.63) is 123 Å². The predicted molar refractivity (Wildman–Crippen MR) is 205 cm³/mol. The fourth-order valence-corrected chi connectivity index (χ4v) is 7.40. The smallest absolute Gasteiger partial charge is 0.341 e. The highest BCUT2D eigenvalue weighted by atomic mass is 16.5. The van der Waals surface area contributed by atoms with Crippen molar-refractivity contribution >= 4 is 5.97 Å². The van der Waals surface area contributed by atoms with Crippen molar-refractivity contribution < 1.29 is 19.0 Å². The van der Waals surface area contributed by atoms with Gasteiger partial charge in [0.15, 0.2) is 0 Å². The third-order valence-corrected chi connectivity index (χ3v) is 9.79. The second-order valence-electron chi connectivity index (χ2n) is 14.1. The van der Waals surface area contributed by atoms with E-state index in [-0.39, 0.29) is 5.97 Å². The Kier molecular flexibility index (Phi) is 12.5. The third kappa shape index (κ3) is 7.99. The Morgan fingerprint density at radius 2 is 1.40 bits per heavy atom. The number of hydrogen-bond donors (Lipinski definition) is 0. The largest absolute Gasteiger partial charge is 0.493 e. The Hall–Kier alpha value is -3.97. The van der Waals surface area contributed by atoms with E-state index in [1.54, 1.807) is 0 Å². The van der Waals surface area contributed by atoms with Crippen molar-refractivity contribution in [2.75, 3.05) is 60.8 Å². The number of nitrogens with zero attached hydrogens (tertiary/aromatic N) is 2. The maximum Gasteiger partial charge on any atom is 0.341 e. The average Bonchev–Trinajstić information content (AvgIpc) is 3.36. The summed E-state index contributed by atoms with van der Waals surface area (Å²) in [7, 11) is 6.21. The normalized spacial score (nSPS) is 13.1. The molecule has 0 aromatic heterocycles. The molecular formula is C44H56N2O4. The minimum Gasteiger partial charge on any atom is -0.493 e. The molecule has 0 unspecified atom stereocenters. The Bertz CT molecular complexity index is 1730. The molecule has 1 aliphatic carbocycles. The van der Waals surface area contributed by atoms with Crippen molar-refractivity contribution in [2.24, 2.45) is 0 Å². The van der Waals surface area contributed by atoms with Gasteiger partial charge in [-0.25, -0.2) is 4.79 Å². The molecule has 50 heavy (non-hydrogen) atoms. The molecule has 0 radical (unpaired) electrons. The standard InChI is InChI=1S/C44H56N2O4/c1-9-22-46(8)30-48-24-11-13-34-16-17-35(28-33(34)5)44(40-26-31(3)14-19-37(40)38-20-15-32(4)27-41(38)44)36-18-21-42(50-25-12-23-45(6)7)39(29-36)43(47)49-10-2/h14-21,26-29H,9-13,22-25,30H2,1-8H3. The van der Waals surface area contributed by atoms with Crippen LogP contribution in [0.1, 0.15) is 88.0 Å². The molecule has 4 aromatic rings. The van der Waals surface area contributed by atoms with E-state index in [0.29, 0.717) is 31.3 Å². The lowest BCUT2D eigenvalue weighted by atomic mass is 9.66. The zero-order valence-corrected chi connectivity index (χ0v) is 31.5. The number of ether oxygens (including phenoxy) is 3. The first-order valence-corrected chi connectivity index (χ1v) is 18.3. The zero-order chi connectivity index (χ0) is 35.8. The molecule has 0 heterocycles. The van der Waals surface area contributed by atoms with Gasteiger partial charge in [0, 0.05) is 13.2 Å². The summed E-state index contributed by atoms with van der Waals surface area (Å²) in [6, 6.07) is 26.7. The van der Waals surface area contributed by atoms with Crippen LogP contribution >= 0.6 is 0 Å². The van der Waals surface area contributed by atoms with Crippen LogP contribution in [-0.4, -0.2) is 76.6 Å². The van der Waals surface area contributed by atoms with Crippen LogP contribution in [-0.2, 0) is 21.3 Å². The Labute approximate surface area is 300 Å². The molecule has 0 bridgehead atoms. The molecule has 0 atom stereocenters. The monoisotopic (exact) mass is 676 g/mol. The molecule has 0 spiro atoms. The number of hydrogen-bond acceptors (Lipinski definition) is 6. The van der Waals surface area contributed by atoms with Crippen LogP contribution in [0.3, 0.4) is 0 Å².